The number of carbonyl (C=O) groups excluding carboxylic acids is 1. The molecule has 0 spiro atoms. The lowest BCUT2D eigenvalue weighted by Gasteiger charge is -2.12. The molecule has 0 bridgehead atoms. The summed E-state index contributed by atoms with van der Waals surface area (Å²) < 4.78 is 7.44. The van der Waals surface area contributed by atoms with E-state index in [4.69, 9.17) is 21.7 Å². The SMILES string of the molecule is O=C(O)CCN1C(=O)/C(=C\c2ccc(-c3cc4ccccc4s3)o2)SC1=S. The van der Waals surface area contributed by atoms with Gasteiger partial charge in [0.15, 0.2) is 0 Å². The summed E-state index contributed by atoms with van der Waals surface area (Å²) in [5, 5.41) is 9.96. The first-order valence-corrected chi connectivity index (χ1v) is 10.1. The Morgan fingerprint density at radius 3 is 2.85 bits per heavy atom. The highest BCUT2D eigenvalue weighted by atomic mass is 32.2. The molecule has 1 aliphatic rings. The highest BCUT2D eigenvalue weighted by Gasteiger charge is 2.32. The third kappa shape index (κ3) is 3.69. The maximum Gasteiger partial charge on any atom is 0.305 e. The minimum Gasteiger partial charge on any atom is -0.481 e. The Hall–Kier alpha value is -2.42. The zero-order valence-corrected chi connectivity index (χ0v) is 16.3. The van der Waals surface area contributed by atoms with Crippen LogP contribution in [0.25, 0.3) is 26.8 Å². The van der Waals surface area contributed by atoms with Crippen LogP contribution in [0.1, 0.15) is 12.2 Å². The summed E-state index contributed by atoms with van der Waals surface area (Å²) in [6, 6.07) is 13.9. The molecule has 0 radical (unpaired) electrons. The van der Waals surface area contributed by atoms with Gasteiger partial charge in [0, 0.05) is 17.3 Å². The molecule has 3 aromatic rings. The number of fused-ring (bicyclic) bond motifs is 1. The molecule has 1 saturated heterocycles. The third-order valence-corrected chi connectivity index (χ3v) is 6.50. The van der Waals surface area contributed by atoms with Crippen LogP contribution in [0.5, 0.6) is 0 Å². The van der Waals surface area contributed by atoms with Crippen molar-refractivity contribution in [2.45, 2.75) is 6.42 Å². The number of carboxylic acids is 1. The Kier molecular flexibility index (Phi) is 4.86. The van der Waals surface area contributed by atoms with Crippen LogP contribution in [0, 0.1) is 0 Å². The number of thiophene rings is 1. The number of nitrogens with zero attached hydrogens (tertiary/aromatic N) is 1. The Bertz CT molecular complexity index is 1060. The number of hydrogen-bond acceptors (Lipinski definition) is 6. The summed E-state index contributed by atoms with van der Waals surface area (Å²) in [4.78, 5) is 25.9. The molecule has 1 N–H and O–H groups in total. The number of amides is 1. The van der Waals surface area contributed by atoms with Crippen LogP contribution < -0.4 is 0 Å². The van der Waals surface area contributed by atoms with E-state index < -0.39 is 5.97 Å². The van der Waals surface area contributed by atoms with Gasteiger partial charge in [0.2, 0.25) is 0 Å². The van der Waals surface area contributed by atoms with Gasteiger partial charge in [-0.05, 0) is 29.7 Å². The molecular weight excluding hydrogens is 402 g/mol. The van der Waals surface area contributed by atoms with Gasteiger partial charge in [-0.1, -0.05) is 42.2 Å². The number of benzene rings is 1. The number of rotatable bonds is 5. The van der Waals surface area contributed by atoms with Gasteiger partial charge in [-0.3, -0.25) is 14.5 Å². The molecule has 1 fully saturated rings. The standard InChI is InChI=1S/C19H13NO4S3/c21-17(22)7-8-20-18(23)16(27-19(20)25)10-12-5-6-13(24-12)15-9-11-3-1-2-4-14(11)26-15/h1-6,9-10H,7-8H2,(H,21,22)/b16-10+. The molecule has 5 nitrogen and oxygen atoms in total. The zero-order chi connectivity index (χ0) is 19.0. The van der Waals surface area contributed by atoms with Gasteiger partial charge in [-0.15, -0.1) is 11.3 Å². The topological polar surface area (TPSA) is 70.8 Å². The van der Waals surface area contributed by atoms with Crippen molar-refractivity contribution in [2.75, 3.05) is 6.54 Å². The van der Waals surface area contributed by atoms with Crippen LogP contribution in [0.4, 0.5) is 0 Å². The Labute approximate surface area is 168 Å². The average Bonchev–Trinajstić information content (AvgIpc) is 3.32. The summed E-state index contributed by atoms with van der Waals surface area (Å²) in [6.45, 7) is 0.0720. The molecule has 1 amide bonds. The average molecular weight is 416 g/mol. The van der Waals surface area contributed by atoms with Gasteiger partial charge < -0.3 is 9.52 Å². The molecule has 0 atom stereocenters. The largest absolute Gasteiger partial charge is 0.481 e. The second kappa shape index (κ2) is 7.30. The van der Waals surface area contributed by atoms with E-state index in [1.807, 2.05) is 24.3 Å². The zero-order valence-electron chi connectivity index (χ0n) is 13.9. The molecule has 136 valence electrons. The van der Waals surface area contributed by atoms with Gasteiger partial charge in [0.1, 0.15) is 15.8 Å². The first-order valence-electron chi connectivity index (χ1n) is 8.07. The molecule has 3 heterocycles. The van der Waals surface area contributed by atoms with Crippen molar-refractivity contribution in [2.24, 2.45) is 0 Å². The smallest absolute Gasteiger partial charge is 0.305 e. The fourth-order valence-corrected chi connectivity index (χ4v) is 5.01. The second-order valence-electron chi connectivity index (χ2n) is 5.83. The monoisotopic (exact) mass is 415 g/mol. The van der Waals surface area contributed by atoms with E-state index in [0.29, 0.717) is 15.0 Å². The predicted octanol–water partition coefficient (Wildman–Crippen LogP) is 4.84. The fourth-order valence-electron chi connectivity index (χ4n) is 2.70. The molecule has 0 aliphatic carbocycles. The second-order valence-corrected chi connectivity index (χ2v) is 8.59. The molecule has 0 unspecified atom stereocenters. The predicted molar refractivity (Wildman–Crippen MR) is 112 cm³/mol. The fraction of sp³-hybridized carbons (Fsp3) is 0.105. The van der Waals surface area contributed by atoms with Crippen molar-refractivity contribution >= 4 is 67.7 Å². The van der Waals surface area contributed by atoms with Gasteiger partial charge in [0.25, 0.3) is 5.91 Å². The summed E-state index contributed by atoms with van der Waals surface area (Å²) in [6.07, 6.45) is 1.51. The van der Waals surface area contributed by atoms with Crippen molar-refractivity contribution in [1.29, 1.82) is 0 Å². The highest BCUT2D eigenvalue weighted by Crippen LogP contribution is 2.36. The van der Waals surface area contributed by atoms with Gasteiger partial charge in [-0.25, -0.2) is 0 Å². The number of hydrogen-bond donors (Lipinski definition) is 1. The first kappa shape index (κ1) is 18.0. The van der Waals surface area contributed by atoms with Crippen molar-refractivity contribution in [3.05, 3.63) is 53.1 Å². The summed E-state index contributed by atoms with van der Waals surface area (Å²) in [5.41, 5.74) is 0. The molecule has 4 rings (SSSR count). The Morgan fingerprint density at radius 2 is 2.07 bits per heavy atom. The maximum atomic E-state index is 12.4. The number of thiocarbonyl (C=S) groups is 1. The summed E-state index contributed by atoms with van der Waals surface area (Å²) >= 11 is 7.99. The summed E-state index contributed by atoms with van der Waals surface area (Å²) in [7, 11) is 0. The molecule has 2 aromatic heterocycles. The van der Waals surface area contributed by atoms with E-state index in [1.54, 1.807) is 17.4 Å². The minimum atomic E-state index is -0.966. The first-order chi connectivity index (χ1) is 13.0. The van der Waals surface area contributed by atoms with Gasteiger partial charge in [0.05, 0.1) is 16.2 Å². The van der Waals surface area contributed by atoms with Crippen LogP contribution in [-0.2, 0) is 9.59 Å². The number of carbonyl (C=O) groups is 2. The van der Waals surface area contributed by atoms with Crippen molar-refractivity contribution in [1.82, 2.24) is 4.90 Å². The van der Waals surface area contributed by atoms with Gasteiger partial charge >= 0.3 is 5.97 Å². The van der Waals surface area contributed by atoms with Crippen molar-refractivity contribution in [3.8, 4) is 10.6 Å². The molecule has 0 saturated carbocycles. The van der Waals surface area contributed by atoms with E-state index in [1.165, 1.54) is 9.60 Å². The maximum absolute atomic E-state index is 12.4. The Morgan fingerprint density at radius 1 is 1.26 bits per heavy atom. The quantitative estimate of drug-likeness (QED) is 0.475. The number of carboxylic acid groups (broad SMARTS) is 1. The van der Waals surface area contributed by atoms with Gasteiger partial charge in [-0.2, -0.15) is 0 Å². The van der Waals surface area contributed by atoms with Crippen LogP contribution in [0.3, 0.4) is 0 Å². The molecule has 1 aromatic carbocycles. The Balaban J connectivity index is 1.55. The number of thioether (sulfide) groups is 1. The van der Waals surface area contributed by atoms with Crippen molar-refractivity contribution < 1.29 is 19.1 Å². The molecule has 27 heavy (non-hydrogen) atoms. The van der Waals surface area contributed by atoms with Crippen LogP contribution in [0.2, 0.25) is 0 Å². The molecular formula is C19H13NO4S3. The lowest BCUT2D eigenvalue weighted by molar-refractivity contribution is -0.137. The number of aliphatic carboxylic acids is 1. The van der Waals surface area contributed by atoms with Crippen molar-refractivity contribution in [3.63, 3.8) is 0 Å². The third-order valence-electron chi connectivity index (χ3n) is 3.99. The van der Waals surface area contributed by atoms with E-state index in [2.05, 4.69) is 18.2 Å². The normalized spacial score (nSPS) is 16.0. The molecule has 8 heteroatoms. The highest BCUT2D eigenvalue weighted by molar-refractivity contribution is 8.26. The van der Waals surface area contributed by atoms with Crippen LogP contribution >= 0.6 is 35.3 Å². The van der Waals surface area contributed by atoms with Crippen LogP contribution in [-0.4, -0.2) is 32.7 Å². The van der Waals surface area contributed by atoms with E-state index >= 15 is 0 Å². The van der Waals surface area contributed by atoms with E-state index in [-0.39, 0.29) is 18.9 Å². The van der Waals surface area contributed by atoms with E-state index in [0.717, 1.165) is 27.8 Å². The lowest BCUT2D eigenvalue weighted by Crippen LogP contribution is -2.30. The van der Waals surface area contributed by atoms with Crippen LogP contribution in [0.15, 0.2) is 51.8 Å². The lowest BCUT2D eigenvalue weighted by atomic mass is 10.2. The summed E-state index contributed by atoms with van der Waals surface area (Å²) in [5.74, 6) is 0.0445. The number of furan rings is 1. The minimum absolute atomic E-state index is 0.0720. The van der Waals surface area contributed by atoms with E-state index in [9.17, 15) is 9.59 Å². The molecule has 1 aliphatic heterocycles.